The lowest BCUT2D eigenvalue weighted by Crippen LogP contribution is -2.52. The van der Waals surface area contributed by atoms with E-state index in [0.29, 0.717) is 58.6 Å². The fourth-order valence-electron chi connectivity index (χ4n) is 4.30. The van der Waals surface area contributed by atoms with Crippen LogP contribution < -0.4 is 10.9 Å². The molecule has 0 spiro atoms. The minimum Gasteiger partial charge on any atom is -0.378 e. The lowest BCUT2D eigenvalue weighted by atomic mass is 10.0. The lowest BCUT2D eigenvalue weighted by molar-refractivity contribution is 0.0521. The summed E-state index contributed by atoms with van der Waals surface area (Å²) in [7, 11) is 0. The van der Waals surface area contributed by atoms with Crippen LogP contribution in [0.15, 0.2) is 10.9 Å². The number of nitrogens with one attached hydrogen (secondary N) is 1. The van der Waals surface area contributed by atoms with Crippen LogP contribution >= 0.6 is 0 Å². The SMILES string of the molecule is O=C(NCC1CCCCN1CCn1nc2c(cc1=O)COCC2)N1CCOCC1. The second-order valence-electron chi connectivity index (χ2n) is 7.95. The van der Waals surface area contributed by atoms with Crippen LogP contribution in [0.1, 0.15) is 30.5 Å². The average Bonchev–Trinajstić information content (AvgIpc) is 2.77. The van der Waals surface area contributed by atoms with E-state index in [1.807, 2.05) is 4.90 Å². The van der Waals surface area contributed by atoms with E-state index in [9.17, 15) is 9.59 Å². The third kappa shape index (κ3) is 5.15. The number of aromatic nitrogens is 2. The first kappa shape index (κ1) is 20.3. The standard InChI is InChI=1S/C20H31N5O4/c26-19-13-16-15-29-10-4-18(16)22-25(19)7-6-23-5-2-1-3-17(23)14-21-20(27)24-8-11-28-12-9-24/h13,17H,1-12,14-15H2,(H,21,27). The van der Waals surface area contributed by atoms with Gasteiger partial charge in [-0.1, -0.05) is 6.42 Å². The Bertz CT molecular complexity index is 762. The predicted molar refractivity (Wildman–Crippen MR) is 107 cm³/mol. The Morgan fingerprint density at radius 2 is 2.00 bits per heavy atom. The van der Waals surface area contributed by atoms with Gasteiger partial charge in [0.15, 0.2) is 0 Å². The average molecular weight is 405 g/mol. The highest BCUT2D eigenvalue weighted by molar-refractivity contribution is 5.74. The molecule has 0 bridgehead atoms. The summed E-state index contributed by atoms with van der Waals surface area (Å²) < 4.78 is 12.3. The molecule has 0 radical (unpaired) electrons. The summed E-state index contributed by atoms with van der Waals surface area (Å²) in [5, 5.41) is 7.66. The second-order valence-corrected chi connectivity index (χ2v) is 7.95. The molecule has 1 aromatic rings. The minimum atomic E-state index is -0.0663. The van der Waals surface area contributed by atoms with Crippen LogP contribution in [-0.4, -0.2) is 84.2 Å². The molecule has 4 heterocycles. The number of likely N-dealkylation sites (tertiary alicyclic amines) is 1. The van der Waals surface area contributed by atoms with Crippen LogP contribution in [0.5, 0.6) is 0 Å². The third-order valence-corrected chi connectivity index (χ3v) is 6.04. The molecule has 0 saturated carbocycles. The third-order valence-electron chi connectivity index (χ3n) is 6.04. The van der Waals surface area contributed by atoms with Gasteiger partial charge in [-0.3, -0.25) is 9.69 Å². The van der Waals surface area contributed by atoms with Crippen molar-refractivity contribution < 1.29 is 14.3 Å². The van der Waals surface area contributed by atoms with Gasteiger partial charge >= 0.3 is 6.03 Å². The van der Waals surface area contributed by atoms with Crippen molar-refractivity contribution in [3.63, 3.8) is 0 Å². The number of rotatable bonds is 5. The Morgan fingerprint density at radius 1 is 1.14 bits per heavy atom. The number of hydrogen-bond acceptors (Lipinski definition) is 6. The minimum absolute atomic E-state index is 0.00591. The maximum absolute atomic E-state index is 12.4. The second kappa shape index (κ2) is 9.69. The van der Waals surface area contributed by atoms with Gasteiger partial charge < -0.3 is 19.7 Å². The van der Waals surface area contributed by atoms with Crippen molar-refractivity contribution in [1.82, 2.24) is 24.9 Å². The number of hydrogen-bond donors (Lipinski definition) is 1. The van der Waals surface area contributed by atoms with Gasteiger partial charge in [-0.15, -0.1) is 0 Å². The van der Waals surface area contributed by atoms with Crippen molar-refractivity contribution in [2.45, 2.75) is 44.9 Å². The molecule has 29 heavy (non-hydrogen) atoms. The van der Waals surface area contributed by atoms with Gasteiger partial charge in [0.05, 0.1) is 38.7 Å². The van der Waals surface area contributed by atoms with E-state index in [1.165, 1.54) is 6.42 Å². The normalized spacial score (nSPS) is 22.9. The molecule has 0 aliphatic carbocycles. The van der Waals surface area contributed by atoms with E-state index >= 15 is 0 Å². The van der Waals surface area contributed by atoms with Gasteiger partial charge in [-0.25, -0.2) is 9.48 Å². The highest BCUT2D eigenvalue weighted by Crippen LogP contribution is 2.17. The fraction of sp³-hybridized carbons (Fsp3) is 0.750. The van der Waals surface area contributed by atoms with Crippen LogP contribution in [0, 0.1) is 0 Å². The Balaban J connectivity index is 1.32. The molecular formula is C20H31N5O4. The molecule has 1 aromatic heterocycles. The number of carbonyl (C=O) groups excluding carboxylic acids is 1. The molecule has 1 atom stereocenters. The smallest absolute Gasteiger partial charge is 0.317 e. The Kier molecular flexibility index (Phi) is 6.78. The number of ether oxygens (including phenoxy) is 2. The summed E-state index contributed by atoms with van der Waals surface area (Å²) in [5.74, 6) is 0. The van der Waals surface area contributed by atoms with E-state index in [2.05, 4.69) is 15.3 Å². The zero-order chi connectivity index (χ0) is 20.1. The molecule has 1 unspecified atom stereocenters. The number of amides is 2. The first-order valence-electron chi connectivity index (χ1n) is 10.7. The molecule has 2 fully saturated rings. The zero-order valence-electron chi connectivity index (χ0n) is 17.0. The van der Waals surface area contributed by atoms with Gasteiger partial charge in [0.2, 0.25) is 0 Å². The molecule has 2 amide bonds. The first-order chi connectivity index (χ1) is 14.2. The summed E-state index contributed by atoms with van der Waals surface area (Å²) in [4.78, 5) is 29.0. The van der Waals surface area contributed by atoms with E-state index in [4.69, 9.17) is 9.47 Å². The van der Waals surface area contributed by atoms with Crippen molar-refractivity contribution in [3.8, 4) is 0 Å². The van der Waals surface area contributed by atoms with Gasteiger partial charge in [-0.2, -0.15) is 5.10 Å². The Hall–Kier alpha value is -1.97. The maximum atomic E-state index is 12.4. The highest BCUT2D eigenvalue weighted by Gasteiger charge is 2.24. The molecular weight excluding hydrogens is 374 g/mol. The quantitative estimate of drug-likeness (QED) is 0.754. The van der Waals surface area contributed by atoms with Crippen LogP contribution in [-0.2, 0) is 29.0 Å². The molecule has 1 N–H and O–H groups in total. The molecule has 9 heteroatoms. The summed E-state index contributed by atoms with van der Waals surface area (Å²) in [5.41, 5.74) is 1.83. The zero-order valence-corrected chi connectivity index (χ0v) is 17.0. The Labute approximate surface area is 170 Å². The van der Waals surface area contributed by atoms with Crippen LogP contribution in [0.25, 0.3) is 0 Å². The Morgan fingerprint density at radius 3 is 2.86 bits per heavy atom. The summed E-state index contributed by atoms with van der Waals surface area (Å²) in [6.07, 6.45) is 4.15. The number of morpholine rings is 1. The van der Waals surface area contributed by atoms with Crippen LogP contribution in [0.4, 0.5) is 4.79 Å². The first-order valence-corrected chi connectivity index (χ1v) is 10.7. The van der Waals surface area contributed by atoms with E-state index in [0.717, 1.165) is 43.6 Å². The highest BCUT2D eigenvalue weighted by atomic mass is 16.5. The molecule has 9 nitrogen and oxygen atoms in total. The number of carbonyl (C=O) groups is 1. The van der Waals surface area contributed by atoms with Crippen molar-refractivity contribution in [1.29, 1.82) is 0 Å². The molecule has 160 valence electrons. The lowest BCUT2D eigenvalue weighted by Gasteiger charge is -2.36. The molecule has 2 saturated heterocycles. The maximum Gasteiger partial charge on any atom is 0.317 e. The molecule has 0 aromatic carbocycles. The monoisotopic (exact) mass is 405 g/mol. The van der Waals surface area contributed by atoms with Gasteiger partial charge in [-0.05, 0) is 19.4 Å². The van der Waals surface area contributed by atoms with Gasteiger partial charge in [0.1, 0.15) is 0 Å². The number of piperidine rings is 1. The predicted octanol–water partition coefficient (Wildman–Crippen LogP) is 0.212. The summed E-state index contributed by atoms with van der Waals surface area (Å²) in [6, 6.07) is 1.96. The largest absolute Gasteiger partial charge is 0.378 e. The van der Waals surface area contributed by atoms with Crippen LogP contribution in [0.2, 0.25) is 0 Å². The van der Waals surface area contributed by atoms with Crippen molar-refractivity contribution in [2.75, 3.05) is 52.5 Å². The van der Waals surface area contributed by atoms with E-state index in [1.54, 1.807) is 10.7 Å². The summed E-state index contributed by atoms with van der Waals surface area (Å²) >= 11 is 0. The topological polar surface area (TPSA) is 88.9 Å². The van der Waals surface area contributed by atoms with Gasteiger partial charge in [0, 0.05) is 50.3 Å². The van der Waals surface area contributed by atoms with Crippen molar-refractivity contribution in [3.05, 3.63) is 27.7 Å². The molecule has 3 aliphatic heterocycles. The molecule has 3 aliphatic rings. The number of fused-ring (bicyclic) bond motifs is 1. The number of urea groups is 1. The fourth-order valence-corrected chi connectivity index (χ4v) is 4.30. The summed E-state index contributed by atoms with van der Waals surface area (Å²) in [6.45, 7) is 6.63. The van der Waals surface area contributed by atoms with Crippen molar-refractivity contribution in [2.24, 2.45) is 0 Å². The molecule has 4 rings (SSSR count). The van der Waals surface area contributed by atoms with E-state index < -0.39 is 0 Å². The van der Waals surface area contributed by atoms with Gasteiger partial charge in [0.25, 0.3) is 5.56 Å². The van der Waals surface area contributed by atoms with Crippen molar-refractivity contribution >= 4 is 6.03 Å². The number of nitrogens with zero attached hydrogens (tertiary/aromatic N) is 4. The van der Waals surface area contributed by atoms with E-state index in [-0.39, 0.29) is 11.6 Å². The van der Waals surface area contributed by atoms with Crippen LogP contribution in [0.3, 0.4) is 0 Å².